The molecule has 0 aliphatic heterocycles. The van der Waals surface area contributed by atoms with Gasteiger partial charge >= 0.3 is 26.2 Å². The fourth-order valence-corrected chi connectivity index (χ4v) is 2.21. The summed E-state index contributed by atoms with van der Waals surface area (Å²) < 4.78 is 0. The first kappa shape index (κ1) is 31.4. The molecular weight excluding hydrogens is 430 g/mol. The topological polar surface area (TPSA) is 0 Å². The van der Waals surface area contributed by atoms with Crippen LogP contribution < -0.4 is 24.8 Å². The Labute approximate surface area is 183 Å². The second kappa shape index (κ2) is 16.1. The standard InChI is InChI=1S/2C9H7.2CH3.2ClH.Si.Zr/c2*1-2-5-9-7-3-6-8(9)4-1;;;;;;/h2*1-2,4-6H,7H2;2*1H3;2*1H;;/q4*-1;;;;+2/p-2. The summed E-state index contributed by atoms with van der Waals surface area (Å²) in [6.45, 7) is 0. The summed E-state index contributed by atoms with van der Waals surface area (Å²) in [5, 5.41) is 0. The largest absolute Gasteiger partial charge is 2.00 e. The molecule has 0 unspecified atom stereocenters. The van der Waals surface area contributed by atoms with E-state index in [0.717, 1.165) is 12.8 Å². The van der Waals surface area contributed by atoms with Crippen LogP contribution in [0.5, 0.6) is 0 Å². The molecule has 0 aromatic heterocycles. The quantitative estimate of drug-likeness (QED) is 0.344. The Bertz CT molecular complexity index is 569. The van der Waals surface area contributed by atoms with Crippen molar-refractivity contribution in [3.8, 4) is 0 Å². The number of halogens is 2. The molecule has 2 aromatic carbocycles. The number of hydrogen-bond acceptors (Lipinski definition) is 0. The Morgan fingerprint density at radius 3 is 1.29 bits per heavy atom. The first-order chi connectivity index (χ1) is 8.93. The van der Waals surface area contributed by atoms with Crippen molar-refractivity contribution >= 4 is 23.1 Å². The van der Waals surface area contributed by atoms with E-state index in [1.165, 1.54) is 22.3 Å². The van der Waals surface area contributed by atoms with Gasteiger partial charge in [-0.1, -0.05) is 36.4 Å². The summed E-state index contributed by atoms with van der Waals surface area (Å²) in [7, 11) is 0. The Balaban J connectivity index is -0.000000133. The minimum absolute atomic E-state index is 0. The number of fused-ring (bicyclic) bond motifs is 2. The molecule has 24 heavy (non-hydrogen) atoms. The summed E-state index contributed by atoms with van der Waals surface area (Å²) in [4.78, 5) is 0. The number of hydrogen-bond donors (Lipinski definition) is 0. The van der Waals surface area contributed by atoms with E-state index in [9.17, 15) is 0 Å². The van der Waals surface area contributed by atoms with E-state index in [0.29, 0.717) is 0 Å². The molecule has 0 heterocycles. The van der Waals surface area contributed by atoms with Crippen molar-refractivity contribution in [2.75, 3.05) is 0 Å². The minimum Gasteiger partial charge on any atom is -1.00 e. The van der Waals surface area contributed by atoms with Gasteiger partial charge in [-0.25, -0.2) is 12.2 Å². The van der Waals surface area contributed by atoms with Crippen LogP contribution in [0.4, 0.5) is 0 Å². The van der Waals surface area contributed by atoms with Gasteiger partial charge in [0.1, 0.15) is 0 Å². The summed E-state index contributed by atoms with van der Waals surface area (Å²) >= 11 is 0. The second-order valence-corrected chi connectivity index (χ2v) is 4.45. The van der Waals surface area contributed by atoms with E-state index in [1.54, 1.807) is 0 Å². The molecule has 0 spiro atoms. The van der Waals surface area contributed by atoms with Gasteiger partial charge in [-0.2, -0.15) is 11.1 Å². The van der Waals surface area contributed by atoms with Gasteiger partial charge in [-0.05, 0) is 0 Å². The van der Waals surface area contributed by atoms with E-state index in [-0.39, 0.29) is 76.8 Å². The zero-order valence-corrected chi connectivity index (χ0v) is 18.9. The van der Waals surface area contributed by atoms with Crippen molar-refractivity contribution in [3.63, 3.8) is 0 Å². The molecule has 0 saturated carbocycles. The van der Waals surface area contributed by atoms with E-state index in [2.05, 4.69) is 72.8 Å². The van der Waals surface area contributed by atoms with Crippen molar-refractivity contribution in [1.29, 1.82) is 0 Å². The van der Waals surface area contributed by atoms with Gasteiger partial charge in [0, 0.05) is 11.0 Å². The van der Waals surface area contributed by atoms with E-state index < -0.39 is 0 Å². The zero-order valence-electron chi connectivity index (χ0n) is 13.9. The molecule has 126 valence electrons. The molecule has 4 radical (unpaired) electrons. The third kappa shape index (κ3) is 8.12. The summed E-state index contributed by atoms with van der Waals surface area (Å²) in [6, 6.07) is 16.8. The second-order valence-electron chi connectivity index (χ2n) is 4.45. The van der Waals surface area contributed by atoms with Crippen LogP contribution in [0.2, 0.25) is 0 Å². The third-order valence-electron chi connectivity index (χ3n) is 3.21. The Hall–Kier alpha value is -0.400. The summed E-state index contributed by atoms with van der Waals surface area (Å²) in [5.41, 5.74) is 5.46. The van der Waals surface area contributed by atoms with Crippen molar-refractivity contribution < 1.29 is 51.0 Å². The first-order valence-corrected chi connectivity index (χ1v) is 6.22. The maximum absolute atomic E-state index is 3.16. The molecule has 0 amide bonds. The van der Waals surface area contributed by atoms with Crippen LogP contribution in [0.3, 0.4) is 0 Å². The molecule has 4 heteroatoms. The predicted octanol–water partition coefficient (Wildman–Crippen LogP) is -1.36. The molecule has 0 atom stereocenters. The Kier molecular flexibility index (Phi) is 21.0. The number of benzene rings is 2. The number of rotatable bonds is 0. The van der Waals surface area contributed by atoms with Gasteiger partial charge < -0.3 is 39.7 Å². The molecule has 0 N–H and O–H groups in total. The van der Waals surface area contributed by atoms with Crippen molar-refractivity contribution in [2.45, 2.75) is 12.8 Å². The molecule has 4 rings (SSSR count). The molecular formula is C20H20Cl2SiZr-4. The average molecular weight is 451 g/mol. The fourth-order valence-electron chi connectivity index (χ4n) is 2.21. The first-order valence-electron chi connectivity index (χ1n) is 6.22. The maximum Gasteiger partial charge on any atom is 2.00 e. The fraction of sp³-hybridized carbons (Fsp3) is 0.100. The Morgan fingerprint density at radius 2 is 0.958 bits per heavy atom. The van der Waals surface area contributed by atoms with Crippen LogP contribution in [-0.2, 0) is 39.0 Å². The van der Waals surface area contributed by atoms with Gasteiger partial charge in [0.25, 0.3) is 0 Å². The van der Waals surface area contributed by atoms with E-state index >= 15 is 0 Å². The molecule has 2 aliphatic carbocycles. The van der Waals surface area contributed by atoms with Crippen LogP contribution in [0.25, 0.3) is 12.2 Å². The smallest absolute Gasteiger partial charge is 1.00 e. The molecule has 2 aliphatic rings. The monoisotopic (exact) mass is 448 g/mol. The Morgan fingerprint density at radius 1 is 0.625 bits per heavy atom. The van der Waals surface area contributed by atoms with Gasteiger partial charge in [0.15, 0.2) is 0 Å². The summed E-state index contributed by atoms with van der Waals surface area (Å²) in [6.07, 6.45) is 12.4. The number of allylic oxidation sites excluding steroid dienone is 2. The van der Waals surface area contributed by atoms with Crippen molar-refractivity contribution in [2.24, 2.45) is 0 Å². The minimum atomic E-state index is 0. The van der Waals surface area contributed by atoms with Crippen molar-refractivity contribution in [3.05, 3.63) is 97.8 Å². The van der Waals surface area contributed by atoms with Gasteiger partial charge in [0.05, 0.1) is 0 Å². The van der Waals surface area contributed by atoms with Crippen LogP contribution in [0.1, 0.15) is 22.3 Å². The van der Waals surface area contributed by atoms with Crippen LogP contribution in [0, 0.1) is 27.0 Å². The molecule has 0 nitrogen and oxygen atoms in total. The SMILES string of the molecule is [C-]1=Cc2ccccc2C1.[C-]1=Cc2ccccc2C1.[CH3-].[CH3-].[Cl-].[Cl-].[Si].[Zr+2]. The maximum atomic E-state index is 3.16. The van der Waals surface area contributed by atoms with Gasteiger partial charge in [-0.3, -0.25) is 12.2 Å². The molecule has 0 saturated heterocycles. The zero-order chi connectivity index (χ0) is 12.2. The van der Waals surface area contributed by atoms with E-state index in [1.807, 2.05) is 0 Å². The predicted molar refractivity (Wildman–Crippen MR) is 94.3 cm³/mol. The molecule has 0 fully saturated rings. The average Bonchev–Trinajstić information content (AvgIpc) is 3.08. The summed E-state index contributed by atoms with van der Waals surface area (Å²) in [5.74, 6) is 0. The molecule has 0 bridgehead atoms. The molecule has 2 aromatic rings. The van der Waals surface area contributed by atoms with Gasteiger partial charge in [-0.15, -0.1) is 36.1 Å². The van der Waals surface area contributed by atoms with E-state index in [4.69, 9.17) is 0 Å². The normalized spacial score (nSPS) is 10.3. The van der Waals surface area contributed by atoms with Crippen LogP contribution in [0.15, 0.2) is 48.5 Å². The van der Waals surface area contributed by atoms with Crippen molar-refractivity contribution in [1.82, 2.24) is 0 Å². The van der Waals surface area contributed by atoms with Gasteiger partial charge in [0.2, 0.25) is 0 Å². The third-order valence-corrected chi connectivity index (χ3v) is 3.21. The van der Waals surface area contributed by atoms with Crippen LogP contribution in [-0.4, -0.2) is 11.0 Å². The van der Waals surface area contributed by atoms with Crippen LogP contribution >= 0.6 is 0 Å².